The molecule has 2 atom stereocenters. The van der Waals surface area contributed by atoms with Crippen LogP contribution in [0.25, 0.3) is 0 Å². The number of hydrogen-bond donors (Lipinski definition) is 1. The number of benzene rings is 1. The second kappa shape index (κ2) is 4.93. The van der Waals surface area contributed by atoms with Crippen molar-refractivity contribution in [3.05, 3.63) is 29.3 Å². The summed E-state index contributed by atoms with van der Waals surface area (Å²) < 4.78 is 0. The molecule has 0 bridgehead atoms. The average Bonchev–Trinajstić information content (AvgIpc) is 2.71. The molecular weight excluding hydrogens is 220 g/mol. The number of hydrogen-bond acceptors (Lipinski definition) is 2. The third kappa shape index (κ3) is 2.03. The van der Waals surface area contributed by atoms with E-state index in [1.54, 1.807) is 0 Å². The van der Waals surface area contributed by atoms with E-state index in [1.807, 2.05) is 0 Å². The minimum atomic E-state index is 0.153. The maximum absolute atomic E-state index is 6.14. The number of likely N-dealkylation sites (N-methyl/N-ethyl adjacent to an activating group) is 1. The van der Waals surface area contributed by atoms with Gasteiger partial charge in [-0.3, -0.25) is 0 Å². The molecule has 1 aromatic carbocycles. The van der Waals surface area contributed by atoms with Crippen molar-refractivity contribution in [2.75, 3.05) is 18.5 Å². The molecule has 1 fully saturated rings. The van der Waals surface area contributed by atoms with Crippen LogP contribution in [-0.4, -0.2) is 19.1 Å². The third-order valence-electron chi connectivity index (χ3n) is 4.90. The quantitative estimate of drug-likeness (QED) is 0.887. The maximum Gasteiger partial charge on any atom is 0.0546 e. The monoisotopic (exact) mass is 246 g/mol. The molecule has 0 aliphatic heterocycles. The molecule has 2 N–H and O–H groups in total. The van der Waals surface area contributed by atoms with Crippen molar-refractivity contribution in [3.8, 4) is 0 Å². The van der Waals surface area contributed by atoms with E-state index in [1.165, 1.54) is 36.1 Å². The van der Waals surface area contributed by atoms with E-state index >= 15 is 0 Å². The van der Waals surface area contributed by atoms with Gasteiger partial charge in [-0.25, -0.2) is 0 Å². The lowest BCUT2D eigenvalue weighted by molar-refractivity contribution is 0.331. The Hall–Kier alpha value is -1.02. The average molecular weight is 246 g/mol. The van der Waals surface area contributed by atoms with E-state index in [-0.39, 0.29) is 5.54 Å². The molecule has 18 heavy (non-hydrogen) atoms. The van der Waals surface area contributed by atoms with Gasteiger partial charge in [0, 0.05) is 19.3 Å². The van der Waals surface area contributed by atoms with Gasteiger partial charge >= 0.3 is 0 Å². The first kappa shape index (κ1) is 13.4. The van der Waals surface area contributed by atoms with Gasteiger partial charge in [-0.05, 0) is 44.2 Å². The number of nitrogens with two attached hydrogens (primary N) is 1. The van der Waals surface area contributed by atoms with Crippen LogP contribution in [-0.2, 0) is 0 Å². The zero-order valence-electron chi connectivity index (χ0n) is 12.2. The molecule has 0 saturated heterocycles. The fraction of sp³-hybridized carbons (Fsp3) is 0.625. The molecule has 100 valence electrons. The summed E-state index contributed by atoms with van der Waals surface area (Å²) >= 11 is 0. The molecule has 1 aliphatic carbocycles. The molecule has 0 radical (unpaired) electrons. The molecule has 1 aromatic rings. The van der Waals surface area contributed by atoms with Crippen LogP contribution in [0.2, 0.25) is 0 Å². The smallest absolute Gasteiger partial charge is 0.0546 e. The van der Waals surface area contributed by atoms with Crippen LogP contribution in [0.15, 0.2) is 18.2 Å². The summed E-state index contributed by atoms with van der Waals surface area (Å²) in [7, 11) is 2.21. The highest BCUT2D eigenvalue weighted by Gasteiger charge is 2.42. The second-order valence-electron chi connectivity index (χ2n) is 5.95. The van der Waals surface area contributed by atoms with E-state index in [9.17, 15) is 0 Å². The van der Waals surface area contributed by atoms with Crippen molar-refractivity contribution >= 4 is 5.69 Å². The number of aryl methyl sites for hydroxylation is 2. The lowest BCUT2D eigenvalue weighted by Crippen LogP contribution is -2.54. The summed E-state index contributed by atoms with van der Waals surface area (Å²) in [5.41, 5.74) is 10.3. The molecule has 1 saturated carbocycles. The van der Waals surface area contributed by atoms with Gasteiger partial charge in [0.15, 0.2) is 0 Å². The number of rotatable bonds is 3. The van der Waals surface area contributed by atoms with Gasteiger partial charge in [-0.2, -0.15) is 0 Å². The van der Waals surface area contributed by atoms with Crippen molar-refractivity contribution in [2.24, 2.45) is 11.7 Å². The Morgan fingerprint density at radius 1 is 1.39 bits per heavy atom. The topological polar surface area (TPSA) is 29.3 Å². The van der Waals surface area contributed by atoms with E-state index in [2.05, 4.69) is 50.9 Å². The molecule has 0 aromatic heterocycles. The molecular formula is C16H26N2. The predicted molar refractivity (Wildman–Crippen MR) is 79.1 cm³/mol. The van der Waals surface area contributed by atoms with Gasteiger partial charge in [0.2, 0.25) is 0 Å². The van der Waals surface area contributed by atoms with Crippen molar-refractivity contribution in [3.63, 3.8) is 0 Å². The predicted octanol–water partition coefficient (Wildman–Crippen LogP) is 3.26. The van der Waals surface area contributed by atoms with E-state index < -0.39 is 0 Å². The second-order valence-corrected chi connectivity index (χ2v) is 5.95. The Bertz CT molecular complexity index is 427. The molecule has 0 heterocycles. The summed E-state index contributed by atoms with van der Waals surface area (Å²) in [6.07, 6.45) is 3.81. The molecule has 1 aliphatic rings. The van der Waals surface area contributed by atoms with Crippen LogP contribution in [0, 0.1) is 19.8 Å². The molecule has 2 unspecified atom stereocenters. The van der Waals surface area contributed by atoms with E-state index in [0.29, 0.717) is 5.92 Å². The first-order valence-corrected chi connectivity index (χ1v) is 7.02. The van der Waals surface area contributed by atoms with Crippen LogP contribution >= 0.6 is 0 Å². The van der Waals surface area contributed by atoms with Crippen LogP contribution in [0.4, 0.5) is 5.69 Å². The van der Waals surface area contributed by atoms with Crippen molar-refractivity contribution in [1.82, 2.24) is 0 Å². The zero-order valence-corrected chi connectivity index (χ0v) is 12.2. The Balaban J connectivity index is 2.37. The molecule has 2 nitrogen and oxygen atoms in total. The number of anilines is 1. The van der Waals surface area contributed by atoms with Crippen molar-refractivity contribution in [2.45, 2.75) is 45.6 Å². The Labute approximate surface area is 111 Å². The summed E-state index contributed by atoms with van der Waals surface area (Å²) in [6, 6.07) is 6.70. The lowest BCUT2D eigenvalue weighted by atomic mass is 9.86. The van der Waals surface area contributed by atoms with Crippen molar-refractivity contribution < 1.29 is 0 Å². The Morgan fingerprint density at radius 3 is 2.61 bits per heavy atom. The van der Waals surface area contributed by atoms with E-state index in [0.717, 1.165) is 6.54 Å². The van der Waals surface area contributed by atoms with Crippen LogP contribution in [0.3, 0.4) is 0 Å². The highest BCUT2D eigenvalue weighted by molar-refractivity contribution is 5.56. The highest BCUT2D eigenvalue weighted by Crippen LogP contribution is 2.41. The summed E-state index contributed by atoms with van der Waals surface area (Å²) in [4.78, 5) is 2.44. The standard InChI is InChI=1S/C16H26N2/c1-12-7-8-15(13(2)10-12)18(4)16(11-17)9-5-6-14(16)3/h7-8,10,14H,5-6,9,11,17H2,1-4H3. The fourth-order valence-electron chi connectivity index (χ4n) is 3.59. The van der Waals surface area contributed by atoms with Gasteiger partial charge in [0.25, 0.3) is 0 Å². The normalized spacial score (nSPS) is 27.5. The first-order valence-electron chi connectivity index (χ1n) is 7.02. The summed E-state index contributed by atoms with van der Waals surface area (Å²) in [5.74, 6) is 0.674. The lowest BCUT2D eigenvalue weighted by Gasteiger charge is -2.44. The van der Waals surface area contributed by atoms with Gasteiger partial charge in [-0.15, -0.1) is 0 Å². The largest absolute Gasteiger partial charge is 0.367 e. The van der Waals surface area contributed by atoms with Gasteiger partial charge < -0.3 is 10.6 Å². The maximum atomic E-state index is 6.14. The van der Waals surface area contributed by atoms with E-state index in [4.69, 9.17) is 5.73 Å². The summed E-state index contributed by atoms with van der Waals surface area (Å²) in [5, 5.41) is 0. The molecule has 0 spiro atoms. The van der Waals surface area contributed by atoms with Crippen LogP contribution < -0.4 is 10.6 Å². The van der Waals surface area contributed by atoms with Crippen LogP contribution in [0.1, 0.15) is 37.3 Å². The Morgan fingerprint density at radius 2 is 2.11 bits per heavy atom. The third-order valence-corrected chi connectivity index (χ3v) is 4.90. The summed E-state index contributed by atoms with van der Waals surface area (Å²) in [6.45, 7) is 7.44. The highest BCUT2D eigenvalue weighted by atomic mass is 15.2. The van der Waals surface area contributed by atoms with Crippen LogP contribution in [0.5, 0.6) is 0 Å². The number of nitrogens with zero attached hydrogens (tertiary/aromatic N) is 1. The van der Waals surface area contributed by atoms with Gasteiger partial charge in [0.1, 0.15) is 0 Å². The molecule has 0 amide bonds. The van der Waals surface area contributed by atoms with Crippen molar-refractivity contribution in [1.29, 1.82) is 0 Å². The minimum absolute atomic E-state index is 0.153. The Kier molecular flexibility index (Phi) is 3.67. The molecule has 2 rings (SSSR count). The van der Waals surface area contributed by atoms with Gasteiger partial charge in [-0.1, -0.05) is 31.0 Å². The zero-order chi connectivity index (χ0) is 13.3. The first-order chi connectivity index (χ1) is 8.51. The fourth-order valence-corrected chi connectivity index (χ4v) is 3.59. The molecule has 2 heteroatoms. The SMILES string of the molecule is Cc1ccc(N(C)C2(CN)CCCC2C)c(C)c1. The minimum Gasteiger partial charge on any atom is -0.367 e. The van der Waals surface area contributed by atoms with Gasteiger partial charge in [0.05, 0.1) is 5.54 Å².